The Morgan fingerprint density at radius 1 is 0.894 bits per heavy atom. The standard InChI is InChI=1S/C33H52N6O6S2/c1-8-14-17-26(11-4)24-39-32(40)28(23-34)25(7)31(33(39)41)36-35-29-22-27(46(42,43)37(12-5)20-15-9-2)18-19-30(29)47(44,45)38(13-6)21-16-10-3/h18-19,22,26,40H,8-17,20-21,24H2,1-7H3. The molecule has 1 N–H and O–H groups in total. The molecule has 0 fully saturated rings. The molecule has 1 unspecified atom stereocenters. The second-order valence-electron chi connectivity index (χ2n) is 11.6. The number of pyridine rings is 1. The topological polar surface area (TPSA) is 166 Å². The predicted octanol–water partition coefficient (Wildman–Crippen LogP) is 6.99. The second kappa shape index (κ2) is 18.4. The van der Waals surface area contributed by atoms with Crippen molar-refractivity contribution in [3.05, 3.63) is 39.7 Å². The Balaban J connectivity index is 2.87. The van der Waals surface area contributed by atoms with Crippen LogP contribution in [0.3, 0.4) is 0 Å². The van der Waals surface area contributed by atoms with Crippen LogP contribution in [0, 0.1) is 24.2 Å². The summed E-state index contributed by atoms with van der Waals surface area (Å²) in [6.07, 6.45) is 6.32. The Labute approximate surface area is 281 Å². The van der Waals surface area contributed by atoms with Gasteiger partial charge in [-0.25, -0.2) is 16.8 Å². The van der Waals surface area contributed by atoms with Crippen molar-refractivity contribution in [1.29, 1.82) is 5.26 Å². The first kappa shape index (κ1) is 40.1. The van der Waals surface area contributed by atoms with E-state index in [1.54, 1.807) is 13.8 Å². The van der Waals surface area contributed by atoms with Crippen LogP contribution in [0.5, 0.6) is 5.88 Å². The lowest BCUT2D eigenvalue weighted by Crippen LogP contribution is -2.33. The van der Waals surface area contributed by atoms with Crippen LogP contribution in [0.1, 0.15) is 104 Å². The van der Waals surface area contributed by atoms with Crippen LogP contribution in [0.15, 0.2) is 43.0 Å². The first-order valence-corrected chi connectivity index (χ1v) is 19.6. The predicted molar refractivity (Wildman–Crippen MR) is 184 cm³/mol. The quantitative estimate of drug-likeness (QED) is 0.146. The van der Waals surface area contributed by atoms with Gasteiger partial charge in [-0.15, -0.1) is 10.2 Å². The lowest BCUT2D eigenvalue weighted by Gasteiger charge is -2.23. The van der Waals surface area contributed by atoms with Gasteiger partial charge in [0.05, 0.1) is 4.90 Å². The average molecular weight is 693 g/mol. The molecule has 0 spiro atoms. The molecule has 0 saturated heterocycles. The van der Waals surface area contributed by atoms with Crippen LogP contribution in [0.4, 0.5) is 11.4 Å². The van der Waals surface area contributed by atoms with Gasteiger partial charge in [-0.3, -0.25) is 9.36 Å². The number of unbranched alkanes of at least 4 members (excludes halogenated alkanes) is 3. The number of azo groups is 1. The number of hydrogen-bond donors (Lipinski definition) is 1. The highest BCUT2D eigenvalue weighted by Crippen LogP contribution is 2.34. The smallest absolute Gasteiger partial charge is 0.281 e. The summed E-state index contributed by atoms with van der Waals surface area (Å²) >= 11 is 0. The molecule has 2 aromatic rings. The summed E-state index contributed by atoms with van der Waals surface area (Å²) in [6, 6.07) is 5.60. The van der Waals surface area contributed by atoms with Gasteiger partial charge in [-0.1, -0.05) is 73.6 Å². The Bertz CT molecular complexity index is 1700. The van der Waals surface area contributed by atoms with Gasteiger partial charge in [0, 0.05) is 38.3 Å². The lowest BCUT2D eigenvalue weighted by molar-refractivity contribution is 0.339. The number of aromatic hydroxyl groups is 1. The highest BCUT2D eigenvalue weighted by molar-refractivity contribution is 7.89. The molecule has 47 heavy (non-hydrogen) atoms. The van der Waals surface area contributed by atoms with E-state index >= 15 is 0 Å². The zero-order valence-corrected chi connectivity index (χ0v) is 30.6. The van der Waals surface area contributed by atoms with E-state index in [-0.39, 0.29) is 64.4 Å². The first-order valence-electron chi connectivity index (χ1n) is 16.7. The fraction of sp³-hybridized carbons (Fsp3) is 0.636. The van der Waals surface area contributed by atoms with Crippen molar-refractivity contribution in [2.24, 2.45) is 16.1 Å². The van der Waals surface area contributed by atoms with E-state index in [2.05, 4.69) is 17.2 Å². The van der Waals surface area contributed by atoms with E-state index in [9.17, 15) is 32.0 Å². The molecule has 1 aromatic carbocycles. The minimum atomic E-state index is -4.14. The molecule has 0 aliphatic rings. The molecule has 0 bridgehead atoms. The minimum absolute atomic E-state index is 0.0635. The second-order valence-corrected chi connectivity index (χ2v) is 15.5. The maximum absolute atomic E-state index is 13.9. The van der Waals surface area contributed by atoms with Crippen LogP contribution in [0.2, 0.25) is 0 Å². The van der Waals surface area contributed by atoms with Gasteiger partial charge in [0.15, 0.2) is 5.69 Å². The third-order valence-corrected chi connectivity index (χ3v) is 12.4. The van der Waals surface area contributed by atoms with Crippen LogP contribution < -0.4 is 5.56 Å². The molecule has 12 nitrogen and oxygen atoms in total. The van der Waals surface area contributed by atoms with E-state index in [1.165, 1.54) is 33.7 Å². The van der Waals surface area contributed by atoms with Gasteiger partial charge in [-0.2, -0.15) is 13.9 Å². The molecule has 1 aromatic heterocycles. The number of rotatable bonds is 20. The SMILES string of the molecule is CCCCC(CC)Cn1c(O)c(C#N)c(C)c(N=Nc2cc(S(=O)(=O)N(CC)CCCC)ccc2S(=O)(=O)N(CC)CCCC)c1=O. The van der Waals surface area contributed by atoms with Crippen molar-refractivity contribution in [2.75, 3.05) is 26.2 Å². The van der Waals surface area contributed by atoms with Crippen molar-refractivity contribution in [1.82, 2.24) is 13.2 Å². The summed E-state index contributed by atoms with van der Waals surface area (Å²) in [5.41, 5.74) is -1.23. The molecule has 0 aliphatic carbocycles. The van der Waals surface area contributed by atoms with E-state index in [0.717, 1.165) is 43.1 Å². The number of aromatic nitrogens is 1. The molecular weight excluding hydrogens is 641 g/mol. The van der Waals surface area contributed by atoms with Crippen molar-refractivity contribution < 1.29 is 21.9 Å². The monoisotopic (exact) mass is 692 g/mol. The van der Waals surface area contributed by atoms with Gasteiger partial charge < -0.3 is 5.11 Å². The highest BCUT2D eigenvalue weighted by atomic mass is 32.2. The van der Waals surface area contributed by atoms with Gasteiger partial charge in [0.25, 0.3) is 5.56 Å². The summed E-state index contributed by atoms with van der Waals surface area (Å²) in [4.78, 5) is 13.3. The molecule has 262 valence electrons. The molecule has 1 heterocycles. The first-order chi connectivity index (χ1) is 22.3. The van der Waals surface area contributed by atoms with Gasteiger partial charge in [0.1, 0.15) is 22.2 Å². The number of nitriles is 1. The third-order valence-electron chi connectivity index (χ3n) is 8.42. The van der Waals surface area contributed by atoms with Crippen molar-refractivity contribution >= 4 is 31.4 Å². The summed E-state index contributed by atoms with van der Waals surface area (Å²) in [7, 11) is -8.15. The van der Waals surface area contributed by atoms with E-state index in [0.29, 0.717) is 19.4 Å². The largest absolute Gasteiger partial charge is 0.493 e. The Kier molecular flexibility index (Phi) is 15.7. The van der Waals surface area contributed by atoms with Crippen LogP contribution in [-0.4, -0.2) is 61.3 Å². The van der Waals surface area contributed by atoms with Gasteiger partial charge >= 0.3 is 0 Å². The fourth-order valence-corrected chi connectivity index (χ4v) is 8.41. The van der Waals surface area contributed by atoms with E-state index in [4.69, 9.17) is 0 Å². The van der Waals surface area contributed by atoms with E-state index < -0.39 is 31.5 Å². The van der Waals surface area contributed by atoms with Crippen LogP contribution in [0.25, 0.3) is 0 Å². The van der Waals surface area contributed by atoms with Gasteiger partial charge in [0.2, 0.25) is 25.9 Å². The number of hydrogen-bond acceptors (Lipinski definition) is 9. The summed E-state index contributed by atoms with van der Waals surface area (Å²) in [5.74, 6) is -0.393. The van der Waals surface area contributed by atoms with Crippen molar-refractivity contribution in [3.63, 3.8) is 0 Å². The number of benzene rings is 1. The van der Waals surface area contributed by atoms with Crippen LogP contribution in [-0.2, 0) is 26.6 Å². The zero-order chi connectivity index (χ0) is 35.4. The van der Waals surface area contributed by atoms with Crippen LogP contribution >= 0.6 is 0 Å². The molecular formula is C33H52N6O6S2. The van der Waals surface area contributed by atoms with E-state index in [1.807, 2.05) is 26.8 Å². The summed E-state index contributed by atoms with van der Waals surface area (Å²) < 4.78 is 58.8. The maximum atomic E-state index is 13.9. The normalized spacial score (nSPS) is 13.1. The molecule has 2 rings (SSSR count). The van der Waals surface area contributed by atoms with Crippen molar-refractivity contribution in [3.8, 4) is 11.9 Å². The summed E-state index contributed by atoms with van der Waals surface area (Å²) in [5, 5.41) is 29.2. The Morgan fingerprint density at radius 3 is 1.98 bits per heavy atom. The molecule has 0 saturated carbocycles. The average Bonchev–Trinajstić information content (AvgIpc) is 3.05. The number of sulfonamides is 2. The zero-order valence-electron chi connectivity index (χ0n) is 29.0. The minimum Gasteiger partial charge on any atom is -0.493 e. The molecule has 1 atom stereocenters. The molecule has 0 aliphatic heterocycles. The Morgan fingerprint density at radius 2 is 1.47 bits per heavy atom. The number of nitrogens with zero attached hydrogens (tertiary/aromatic N) is 6. The fourth-order valence-electron chi connectivity index (χ4n) is 5.31. The molecule has 0 amide bonds. The molecule has 14 heteroatoms. The molecule has 0 radical (unpaired) electrons. The third kappa shape index (κ3) is 9.49. The van der Waals surface area contributed by atoms with Gasteiger partial charge in [-0.05, 0) is 50.3 Å². The maximum Gasteiger partial charge on any atom is 0.281 e. The van der Waals surface area contributed by atoms with Crippen molar-refractivity contribution in [2.45, 2.75) is 116 Å². The Hall–Kier alpha value is -3.12. The highest BCUT2D eigenvalue weighted by Gasteiger charge is 2.30. The lowest BCUT2D eigenvalue weighted by atomic mass is 9.99. The summed E-state index contributed by atoms with van der Waals surface area (Å²) in [6.45, 7) is 14.0.